The lowest BCUT2D eigenvalue weighted by Crippen LogP contribution is -2.36. The summed E-state index contributed by atoms with van der Waals surface area (Å²) in [5.41, 5.74) is 1.52. The quantitative estimate of drug-likeness (QED) is 0.643. The molecular formula is C22H24N4O3S. The average molecular weight is 425 g/mol. The number of rotatable bonds is 4. The van der Waals surface area contributed by atoms with Gasteiger partial charge in [-0.3, -0.25) is 4.79 Å². The second kappa shape index (κ2) is 8.41. The zero-order valence-electron chi connectivity index (χ0n) is 16.8. The third kappa shape index (κ3) is 4.15. The maximum absolute atomic E-state index is 13.0. The van der Waals surface area contributed by atoms with E-state index in [1.54, 1.807) is 18.2 Å². The van der Waals surface area contributed by atoms with E-state index in [-0.39, 0.29) is 5.56 Å². The molecule has 1 saturated heterocycles. The molecule has 1 aliphatic rings. The molecule has 30 heavy (non-hydrogen) atoms. The van der Waals surface area contributed by atoms with Gasteiger partial charge in [-0.1, -0.05) is 35.9 Å². The molecule has 0 N–H and O–H groups in total. The highest BCUT2D eigenvalue weighted by molar-refractivity contribution is 7.89. The molecule has 0 saturated carbocycles. The molecule has 1 fully saturated rings. The van der Waals surface area contributed by atoms with Gasteiger partial charge in [0.2, 0.25) is 10.0 Å². The summed E-state index contributed by atoms with van der Waals surface area (Å²) in [6.07, 6.45) is 0.678. The average Bonchev–Trinajstić information content (AvgIpc) is 3.02. The molecule has 0 spiro atoms. The van der Waals surface area contributed by atoms with Crippen molar-refractivity contribution in [3.63, 3.8) is 0 Å². The first-order valence-electron chi connectivity index (χ1n) is 9.93. The Morgan fingerprint density at radius 1 is 0.833 bits per heavy atom. The first kappa shape index (κ1) is 20.3. The van der Waals surface area contributed by atoms with Crippen molar-refractivity contribution >= 4 is 15.8 Å². The molecule has 2 aromatic carbocycles. The van der Waals surface area contributed by atoms with Gasteiger partial charge in [-0.2, -0.15) is 8.99 Å². The molecule has 8 heteroatoms. The van der Waals surface area contributed by atoms with Gasteiger partial charge in [0, 0.05) is 32.2 Å². The number of benzene rings is 2. The Kier molecular flexibility index (Phi) is 5.69. The van der Waals surface area contributed by atoms with Crippen LogP contribution in [0.4, 0.5) is 5.82 Å². The van der Waals surface area contributed by atoms with Gasteiger partial charge in [0.15, 0.2) is 0 Å². The number of nitrogens with zero attached hydrogens (tertiary/aromatic N) is 4. The van der Waals surface area contributed by atoms with E-state index in [1.165, 1.54) is 15.1 Å². The number of hydrogen-bond donors (Lipinski definition) is 0. The third-order valence-electron chi connectivity index (χ3n) is 5.22. The molecule has 0 amide bonds. The summed E-state index contributed by atoms with van der Waals surface area (Å²) >= 11 is 0. The largest absolute Gasteiger partial charge is 0.354 e. The number of hydrogen-bond acceptors (Lipinski definition) is 5. The van der Waals surface area contributed by atoms with Crippen molar-refractivity contribution < 1.29 is 8.42 Å². The van der Waals surface area contributed by atoms with Crippen molar-refractivity contribution in [3.05, 3.63) is 82.6 Å². The van der Waals surface area contributed by atoms with Crippen molar-refractivity contribution in [2.75, 3.05) is 31.1 Å². The van der Waals surface area contributed by atoms with Crippen LogP contribution in [0.25, 0.3) is 5.69 Å². The number of para-hydroxylation sites is 1. The second-order valence-corrected chi connectivity index (χ2v) is 9.27. The fraction of sp³-hybridized carbons (Fsp3) is 0.273. The Labute approximate surface area is 176 Å². The number of aryl methyl sites for hydroxylation is 1. The van der Waals surface area contributed by atoms with Gasteiger partial charge in [0.1, 0.15) is 5.82 Å². The van der Waals surface area contributed by atoms with Crippen LogP contribution in [-0.4, -0.2) is 48.7 Å². The molecule has 3 aromatic rings. The van der Waals surface area contributed by atoms with E-state index in [2.05, 4.69) is 5.10 Å². The number of aromatic nitrogens is 2. The lowest BCUT2D eigenvalue weighted by atomic mass is 10.2. The number of anilines is 1. The van der Waals surface area contributed by atoms with Crippen molar-refractivity contribution in [3.8, 4) is 5.69 Å². The van der Waals surface area contributed by atoms with E-state index in [1.807, 2.05) is 54.3 Å². The van der Waals surface area contributed by atoms with Gasteiger partial charge in [0.05, 0.1) is 10.6 Å². The van der Waals surface area contributed by atoms with Gasteiger partial charge in [-0.15, -0.1) is 5.10 Å². The summed E-state index contributed by atoms with van der Waals surface area (Å²) in [5.74, 6) is 0.660. The van der Waals surface area contributed by atoms with Crippen LogP contribution in [0.1, 0.15) is 12.0 Å². The SMILES string of the molecule is Cc1ccc(S(=O)(=O)N2CCCN(c3ccc(=O)n(-c4ccccc4)n3)CC2)cc1. The van der Waals surface area contributed by atoms with E-state index < -0.39 is 10.0 Å². The van der Waals surface area contributed by atoms with Gasteiger partial charge in [-0.05, 0) is 43.7 Å². The van der Waals surface area contributed by atoms with E-state index >= 15 is 0 Å². The summed E-state index contributed by atoms with van der Waals surface area (Å²) in [7, 11) is -3.53. The van der Waals surface area contributed by atoms with Crippen LogP contribution < -0.4 is 10.5 Å². The molecule has 0 unspecified atom stereocenters. The van der Waals surface area contributed by atoms with Crippen LogP contribution >= 0.6 is 0 Å². The van der Waals surface area contributed by atoms with E-state index in [0.29, 0.717) is 49.0 Å². The summed E-state index contributed by atoms with van der Waals surface area (Å²) in [5, 5.41) is 4.53. The summed E-state index contributed by atoms with van der Waals surface area (Å²) in [6, 6.07) is 19.4. The zero-order chi connectivity index (χ0) is 21.1. The Morgan fingerprint density at radius 2 is 1.57 bits per heavy atom. The highest BCUT2D eigenvalue weighted by Crippen LogP contribution is 2.20. The van der Waals surface area contributed by atoms with Gasteiger partial charge in [-0.25, -0.2) is 8.42 Å². The smallest absolute Gasteiger partial charge is 0.271 e. The summed E-state index contributed by atoms with van der Waals surface area (Å²) in [6.45, 7) is 3.92. The molecule has 0 aliphatic carbocycles. The van der Waals surface area contributed by atoms with Crippen LogP contribution in [0, 0.1) is 6.92 Å². The Bertz CT molecular complexity index is 1180. The Balaban J connectivity index is 1.55. The first-order valence-corrected chi connectivity index (χ1v) is 11.4. The van der Waals surface area contributed by atoms with Gasteiger partial charge < -0.3 is 4.90 Å². The van der Waals surface area contributed by atoms with Crippen LogP contribution in [0.2, 0.25) is 0 Å². The summed E-state index contributed by atoms with van der Waals surface area (Å²) in [4.78, 5) is 14.6. The van der Waals surface area contributed by atoms with Crippen LogP contribution in [0.3, 0.4) is 0 Å². The minimum atomic E-state index is -3.53. The molecule has 2 heterocycles. The lowest BCUT2D eigenvalue weighted by molar-refractivity contribution is 0.433. The third-order valence-corrected chi connectivity index (χ3v) is 7.14. The molecule has 4 rings (SSSR count). The Hall–Kier alpha value is -2.97. The van der Waals surface area contributed by atoms with E-state index in [0.717, 1.165) is 5.56 Å². The molecule has 7 nitrogen and oxygen atoms in total. The molecular weight excluding hydrogens is 400 g/mol. The fourth-order valence-electron chi connectivity index (χ4n) is 3.55. The van der Waals surface area contributed by atoms with Crippen molar-refractivity contribution in [2.45, 2.75) is 18.2 Å². The first-order chi connectivity index (χ1) is 14.4. The number of sulfonamides is 1. The van der Waals surface area contributed by atoms with Crippen molar-refractivity contribution in [1.29, 1.82) is 0 Å². The maximum Gasteiger partial charge on any atom is 0.271 e. The maximum atomic E-state index is 13.0. The predicted octanol–water partition coefficient (Wildman–Crippen LogP) is 2.44. The molecule has 1 aromatic heterocycles. The van der Waals surface area contributed by atoms with Crippen LogP contribution in [0.15, 0.2) is 76.4 Å². The Morgan fingerprint density at radius 3 is 2.30 bits per heavy atom. The fourth-order valence-corrected chi connectivity index (χ4v) is 5.02. The van der Waals surface area contributed by atoms with Crippen LogP contribution in [-0.2, 0) is 10.0 Å². The second-order valence-electron chi connectivity index (χ2n) is 7.33. The van der Waals surface area contributed by atoms with E-state index in [4.69, 9.17) is 0 Å². The molecule has 0 bridgehead atoms. The van der Waals surface area contributed by atoms with Gasteiger partial charge >= 0.3 is 0 Å². The topological polar surface area (TPSA) is 75.5 Å². The highest BCUT2D eigenvalue weighted by atomic mass is 32.2. The van der Waals surface area contributed by atoms with E-state index in [9.17, 15) is 13.2 Å². The molecule has 0 atom stereocenters. The van der Waals surface area contributed by atoms with Crippen LogP contribution in [0.5, 0.6) is 0 Å². The standard InChI is InChI=1S/C22H24N4O3S/c1-18-8-10-20(11-9-18)30(28,29)25-15-5-14-24(16-17-25)21-12-13-22(27)26(23-21)19-6-3-2-4-7-19/h2-4,6-13H,5,14-17H2,1H3. The highest BCUT2D eigenvalue weighted by Gasteiger charge is 2.27. The summed E-state index contributed by atoms with van der Waals surface area (Å²) < 4.78 is 29.0. The zero-order valence-corrected chi connectivity index (χ0v) is 17.6. The normalized spacial score (nSPS) is 15.7. The van der Waals surface area contributed by atoms with Crippen molar-refractivity contribution in [1.82, 2.24) is 14.1 Å². The monoisotopic (exact) mass is 424 g/mol. The lowest BCUT2D eigenvalue weighted by Gasteiger charge is -2.23. The minimum absolute atomic E-state index is 0.205. The van der Waals surface area contributed by atoms with Gasteiger partial charge in [0.25, 0.3) is 5.56 Å². The minimum Gasteiger partial charge on any atom is -0.354 e. The molecule has 156 valence electrons. The van der Waals surface area contributed by atoms with Crippen molar-refractivity contribution in [2.24, 2.45) is 0 Å². The molecule has 1 aliphatic heterocycles. The predicted molar refractivity (Wildman–Crippen MR) is 117 cm³/mol. The molecule has 0 radical (unpaired) electrons.